The van der Waals surface area contributed by atoms with E-state index in [2.05, 4.69) is 28.3 Å². The number of fused-ring (bicyclic) bond motifs is 1. The topological polar surface area (TPSA) is 41.5 Å². The second kappa shape index (κ2) is 5.38. The number of hydrogen-bond acceptors (Lipinski definition) is 3. The standard InChI is InChI=1S/C13H18BrNO2/c1-8-9-5-3-4-6-10(9)12(14)13(17-2)11(8)7-15-16/h15-16H,3-7H2,1-2H3. The molecular formula is C13H18BrNO2. The minimum absolute atomic E-state index is 0.418. The van der Waals surface area contributed by atoms with E-state index >= 15 is 0 Å². The van der Waals surface area contributed by atoms with Gasteiger partial charge in [-0.3, -0.25) is 0 Å². The van der Waals surface area contributed by atoms with E-state index in [0.29, 0.717) is 6.54 Å². The molecule has 0 amide bonds. The Balaban J connectivity index is 2.63. The number of benzene rings is 1. The number of nitrogens with one attached hydrogen (secondary N) is 1. The van der Waals surface area contributed by atoms with E-state index in [4.69, 9.17) is 9.94 Å². The Morgan fingerprint density at radius 2 is 1.94 bits per heavy atom. The fourth-order valence-electron chi connectivity index (χ4n) is 2.69. The van der Waals surface area contributed by atoms with Crippen LogP contribution in [0.5, 0.6) is 5.75 Å². The van der Waals surface area contributed by atoms with Gasteiger partial charge < -0.3 is 9.94 Å². The lowest BCUT2D eigenvalue weighted by molar-refractivity contribution is 0.160. The van der Waals surface area contributed by atoms with Gasteiger partial charge in [0.25, 0.3) is 0 Å². The molecule has 0 spiro atoms. The summed E-state index contributed by atoms with van der Waals surface area (Å²) < 4.78 is 6.54. The molecule has 94 valence electrons. The molecule has 0 radical (unpaired) electrons. The second-order valence-corrected chi connectivity index (χ2v) is 5.24. The fraction of sp³-hybridized carbons (Fsp3) is 0.538. The molecular weight excluding hydrogens is 282 g/mol. The lowest BCUT2D eigenvalue weighted by Crippen LogP contribution is -2.14. The van der Waals surface area contributed by atoms with Gasteiger partial charge in [0.1, 0.15) is 5.75 Å². The van der Waals surface area contributed by atoms with Crippen molar-refractivity contribution in [2.24, 2.45) is 0 Å². The van der Waals surface area contributed by atoms with E-state index in [0.717, 1.165) is 28.6 Å². The highest BCUT2D eigenvalue weighted by Crippen LogP contribution is 2.40. The molecule has 0 aromatic heterocycles. The van der Waals surface area contributed by atoms with Gasteiger partial charge in [-0.15, -0.1) is 0 Å². The van der Waals surface area contributed by atoms with Crippen molar-refractivity contribution in [3.05, 3.63) is 26.7 Å². The molecule has 1 aliphatic carbocycles. The molecule has 2 N–H and O–H groups in total. The summed E-state index contributed by atoms with van der Waals surface area (Å²) in [6.07, 6.45) is 4.73. The van der Waals surface area contributed by atoms with Gasteiger partial charge in [0, 0.05) is 12.1 Å². The Labute approximate surface area is 110 Å². The van der Waals surface area contributed by atoms with Gasteiger partial charge >= 0.3 is 0 Å². The second-order valence-electron chi connectivity index (χ2n) is 4.45. The van der Waals surface area contributed by atoms with Gasteiger partial charge in [0.2, 0.25) is 0 Å². The molecule has 0 fully saturated rings. The first-order valence-corrected chi connectivity index (χ1v) is 6.73. The van der Waals surface area contributed by atoms with Crippen molar-refractivity contribution >= 4 is 15.9 Å². The van der Waals surface area contributed by atoms with E-state index in [9.17, 15) is 0 Å². The fourth-order valence-corrected chi connectivity index (χ4v) is 3.53. The lowest BCUT2D eigenvalue weighted by atomic mass is 9.86. The number of hydrogen-bond donors (Lipinski definition) is 2. The quantitative estimate of drug-likeness (QED) is 0.843. The SMILES string of the molecule is COc1c(Br)c2c(c(C)c1CNO)CCCC2. The molecule has 3 nitrogen and oxygen atoms in total. The minimum Gasteiger partial charge on any atom is -0.495 e. The molecule has 1 aromatic rings. The van der Waals surface area contributed by atoms with Crippen molar-refractivity contribution in [2.75, 3.05) is 7.11 Å². The first-order valence-electron chi connectivity index (χ1n) is 5.94. The molecule has 0 bridgehead atoms. The number of rotatable bonds is 3. The van der Waals surface area contributed by atoms with Crippen LogP contribution in [0, 0.1) is 6.92 Å². The van der Waals surface area contributed by atoms with Gasteiger partial charge in [-0.2, -0.15) is 0 Å². The monoisotopic (exact) mass is 299 g/mol. The number of ether oxygens (including phenoxy) is 1. The summed E-state index contributed by atoms with van der Waals surface area (Å²) in [6, 6.07) is 0. The summed E-state index contributed by atoms with van der Waals surface area (Å²) in [7, 11) is 1.68. The zero-order chi connectivity index (χ0) is 12.4. The molecule has 1 aliphatic rings. The van der Waals surface area contributed by atoms with E-state index in [1.807, 2.05) is 0 Å². The van der Waals surface area contributed by atoms with Crippen LogP contribution in [0.1, 0.15) is 35.1 Å². The molecule has 0 aliphatic heterocycles. The van der Waals surface area contributed by atoms with Crippen LogP contribution in [0.15, 0.2) is 4.47 Å². The van der Waals surface area contributed by atoms with Crippen molar-refractivity contribution in [2.45, 2.75) is 39.2 Å². The van der Waals surface area contributed by atoms with Gasteiger partial charge in [0.15, 0.2) is 0 Å². The summed E-state index contributed by atoms with van der Waals surface area (Å²) >= 11 is 3.65. The maximum atomic E-state index is 8.94. The van der Waals surface area contributed by atoms with Crippen LogP contribution in [-0.4, -0.2) is 12.3 Å². The highest BCUT2D eigenvalue weighted by molar-refractivity contribution is 9.10. The van der Waals surface area contributed by atoms with Crippen LogP contribution in [-0.2, 0) is 19.4 Å². The van der Waals surface area contributed by atoms with Crippen LogP contribution in [0.4, 0.5) is 0 Å². The Kier molecular flexibility index (Phi) is 4.07. The Hall–Kier alpha value is -0.580. The predicted octanol–water partition coefficient (Wildman–Crippen LogP) is 3.12. The number of methoxy groups -OCH3 is 1. The van der Waals surface area contributed by atoms with Gasteiger partial charge in [0.05, 0.1) is 11.6 Å². The molecule has 17 heavy (non-hydrogen) atoms. The van der Waals surface area contributed by atoms with Crippen molar-refractivity contribution in [1.82, 2.24) is 5.48 Å². The first-order chi connectivity index (χ1) is 8.20. The molecule has 1 aromatic carbocycles. The molecule has 0 unspecified atom stereocenters. The van der Waals surface area contributed by atoms with Crippen LogP contribution >= 0.6 is 15.9 Å². The van der Waals surface area contributed by atoms with Crippen LogP contribution < -0.4 is 10.2 Å². The van der Waals surface area contributed by atoms with Gasteiger partial charge in [-0.1, -0.05) is 0 Å². The normalized spacial score (nSPS) is 14.6. The third kappa shape index (κ3) is 2.21. The van der Waals surface area contributed by atoms with Crippen molar-refractivity contribution in [3.8, 4) is 5.75 Å². The maximum absolute atomic E-state index is 8.94. The van der Waals surface area contributed by atoms with Gasteiger partial charge in [-0.25, -0.2) is 5.48 Å². The smallest absolute Gasteiger partial charge is 0.138 e. The summed E-state index contributed by atoms with van der Waals surface area (Å²) in [5.74, 6) is 0.852. The first kappa shape index (κ1) is 12.9. The molecule has 0 atom stereocenters. The highest BCUT2D eigenvalue weighted by Gasteiger charge is 2.22. The summed E-state index contributed by atoms with van der Waals surface area (Å²) in [5.41, 5.74) is 7.33. The van der Waals surface area contributed by atoms with E-state index in [1.54, 1.807) is 7.11 Å². The Morgan fingerprint density at radius 3 is 2.53 bits per heavy atom. The predicted molar refractivity (Wildman–Crippen MR) is 70.7 cm³/mol. The average Bonchev–Trinajstić information content (AvgIpc) is 2.36. The zero-order valence-corrected chi connectivity index (χ0v) is 11.9. The van der Waals surface area contributed by atoms with Crippen molar-refractivity contribution < 1.29 is 9.94 Å². The van der Waals surface area contributed by atoms with E-state index in [-0.39, 0.29) is 0 Å². The van der Waals surface area contributed by atoms with Crippen LogP contribution in [0.25, 0.3) is 0 Å². The van der Waals surface area contributed by atoms with Crippen LogP contribution in [0.2, 0.25) is 0 Å². The van der Waals surface area contributed by atoms with Gasteiger partial charge in [-0.05, 0) is 65.2 Å². The van der Waals surface area contributed by atoms with E-state index in [1.165, 1.54) is 29.5 Å². The summed E-state index contributed by atoms with van der Waals surface area (Å²) in [5, 5.41) is 8.94. The molecule has 4 heteroatoms. The van der Waals surface area contributed by atoms with Crippen molar-refractivity contribution in [3.63, 3.8) is 0 Å². The third-order valence-corrected chi connectivity index (χ3v) is 4.41. The number of hydroxylamine groups is 1. The minimum atomic E-state index is 0.418. The zero-order valence-electron chi connectivity index (χ0n) is 10.3. The summed E-state index contributed by atoms with van der Waals surface area (Å²) in [4.78, 5) is 0. The molecule has 0 heterocycles. The third-order valence-electron chi connectivity index (χ3n) is 3.57. The van der Waals surface area contributed by atoms with Crippen LogP contribution in [0.3, 0.4) is 0 Å². The average molecular weight is 300 g/mol. The largest absolute Gasteiger partial charge is 0.495 e. The lowest BCUT2D eigenvalue weighted by Gasteiger charge is -2.24. The van der Waals surface area contributed by atoms with Crippen molar-refractivity contribution in [1.29, 1.82) is 0 Å². The number of halogens is 1. The molecule has 2 rings (SSSR count). The maximum Gasteiger partial charge on any atom is 0.138 e. The van der Waals surface area contributed by atoms with E-state index < -0.39 is 0 Å². The molecule has 0 saturated carbocycles. The Bertz CT molecular complexity index is 432. The molecule has 0 saturated heterocycles. The summed E-state index contributed by atoms with van der Waals surface area (Å²) in [6.45, 7) is 2.53. The Morgan fingerprint density at radius 1 is 1.29 bits per heavy atom. The highest BCUT2D eigenvalue weighted by atomic mass is 79.9.